The number of alkyl halides is 3. The minimum Gasteiger partial charge on any atom is -0.506 e. The number of hydrogen-bond acceptors (Lipinski definition) is 9. The second-order valence-electron chi connectivity index (χ2n) is 10.3. The molecule has 14 heteroatoms. The molecule has 10 nitrogen and oxygen atoms in total. The second kappa shape index (κ2) is 11.2. The zero-order valence-corrected chi connectivity index (χ0v) is 21.9. The summed E-state index contributed by atoms with van der Waals surface area (Å²) in [5.74, 6) is -2.79. The summed E-state index contributed by atoms with van der Waals surface area (Å²) in [7, 11) is -3.77. The van der Waals surface area contributed by atoms with Crippen molar-refractivity contribution in [2.75, 3.05) is 11.5 Å². The van der Waals surface area contributed by atoms with Crippen molar-refractivity contribution in [3.05, 3.63) is 24.0 Å². The van der Waals surface area contributed by atoms with Crippen molar-refractivity contribution in [2.45, 2.75) is 83.4 Å². The number of hydrogen-bond donors (Lipinski definition) is 4. The van der Waals surface area contributed by atoms with Gasteiger partial charge in [0.25, 0.3) is 0 Å². The number of aliphatic hydroxyl groups is 1. The highest BCUT2D eigenvalue weighted by atomic mass is 32.2. The molecule has 206 valence electrons. The zero-order valence-electron chi connectivity index (χ0n) is 21.1. The summed E-state index contributed by atoms with van der Waals surface area (Å²) in [6.07, 6.45) is -7.02. The fraction of sp³-hybridized carbons (Fsp3) is 0.682. The van der Waals surface area contributed by atoms with Crippen molar-refractivity contribution in [1.82, 2.24) is 10.3 Å². The van der Waals surface area contributed by atoms with Crippen LogP contribution in [0.4, 0.5) is 18.0 Å². The summed E-state index contributed by atoms with van der Waals surface area (Å²) in [5, 5.41) is 21.9. The number of pyridine rings is 1. The van der Waals surface area contributed by atoms with Gasteiger partial charge >= 0.3 is 18.2 Å². The maximum absolute atomic E-state index is 13.7. The predicted molar refractivity (Wildman–Crippen MR) is 125 cm³/mol. The van der Waals surface area contributed by atoms with Crippen molar-refractivity contribution in [2.24, 2.45) is 0 Å². The molecule has 0 radical (unpaired) electrons. The smallest absolute Gasteiger partial charge is 0.423 e. The van der Waals surface area contributed by atoms with Gasteiger partial charge in [-0.1, -0.05) is 0 Å². The van der Waals surface area contributed by atoms with E-state index in [4.69, 9.17) is 14.3 Å². The Morgan fingerprint density at radius 1 is 1.08 bits per heavy atom. The molecule has 1 heterocycles. The van der Waals surface area contributed by atoms with E-state index >= 15 is 0 Å². The highest BCUT2D eigenvalue weighted by molar-refractivity contribution is 7.92. The van der Waals surface area contributed by atoms with Gasteiger partial charge < -0.3 is 25.0 Å². The van der Waals surface area contributed by atoms with Gasteiger partial charge in [-0.3, -0.25) is 9.76 Å². The van der Waals surface area contributed by atoms with Crippen molar-refractivity contribution in [3.63, 3.8) is 0 Å². The Labute approximate surface area is 208 Å². The zero-order chi connectivity index (χ0) is 28.2. The molecule has 0 bridgehead atoms. The SMILES string of the molecule is CC(C)(C)OC(=O)N[C@@H](CCS(=N)(=O)CCC(O)(c1ccc(O)cn1)C(F)(F)F)C(=O)OC(C)(C)C. The molecular weight excluding hydrogens is 507 g/mol. The molecule has 0 aliphatic heterocycles. The predicted octanol–water partition coefficient (Wildman–Crippen LogP) is 3.60. The van der Waals surface area contributed by atoms with Crippen LogP contribution in [-0.2, 0) is 29.6 Å². The fourth-order valence-electron chi connectivity index (χ4n) is 2.84. The first-order valence-corrected chi connectivity index (χ1v) is 12.9. The molecule has 0 saturated carbocycles. The van der Waals surface area contributed by atoms with Crippen LogP contribution in [0.3, 0.4) is 0 Å². The Kier molecular flexibility index (Phi) is 9.77. The van der Waals surface area contributed by atoms with Crippen molar-refractivity contribution >= 4 is 21.8 Å². The summed E-state index contributed by atoms with van der Waals surface area (Å²) < 4.78 is 72.3. The Balaban J connectivity index is 3.03. The van der Waals surface area contributed by atoms with Crippen LogP contribution in [-0.4, -0.2) is 66.4 Å². The second-order valence-corrected chi connectivity index (χ2v) is 12.7. The van der Waals surface area contributed by atoms with Crippen LogP contribution in [0.25, 0.3) is 0 Å². The Bertz CT molecular complexity index is 1020. The number of nitrogens with zero attached hydrogens (tertiary/aromatic N) is 1. The minimum atomic E-state index is -5.22. The first-order chi connectivity index (χ1) is 16.0. The van der Waals surface area contributed by atoms with Gasteiger partial charge in [0.1, 0.15) is 23.0 Å². The minimum absolute atomic E-state index is 0.390. The van der Waals surface area contributed by atoms with Gasteiger partial charge in [0.2, 0.25) is 5.60 Å². The van der Waals surface area contributed by atoms with E-state index in [1.807, 2.05) is 0 Å². The van der Waals surface area contributed by atoms with Crippen LogP contribution in [0.2, 0.25) is 0 Å². The van der Waals surface area contributed by atoms with Crippen LogP contribution < -0.4 is 5.32 Å². The molecule has 36 heavy (non-hydrogen) atoms. The number of esters is 1. The number of aromatic hydroxyl groups is 1. The third-order valence-electron chi connectivity index (χ3n) is 4.55. The molecular formula is C22H34F3N3O7S. The monoisotopic (exact) mass is 541 g/mol. The standard InChI is InChI=1S/C22H34F3N3O7S/c1-19(2,3)34-17(30)15(28-18(31)35-20(4,5)6)9-11-36(26,33)12-10-21(32,22(23,24)25)16-8-7-14(29)13-27-16/h7-8,13,15,26,29,32H,9-12H2,1-6H3,(H,28,31)/t15-,21?,36?/m0/s1. The van der Waals surface area contributed by atoms with E-state index in [2.05, 4.69) is 10.3 Å². The van der Waals surface area contributed by atoms with Gasteiger partial charge in [-0.15, -0.1) is 0 Å². The van der Waals surface area contributed by atoms with E-state index in [1.165, 1.54) is 0 Å². The van der Waals surface area contributed by atoms with E-state index < -0.39 is 86.6 Å². The van der Waals surface area contributed by atoms with Crippen LogP contribution in [0.5, 0.6) is 5.75 Å². The largest absolute Gasteiger partial charge is 0.506 e. The average molecular weight is 542 g/mol. The summed E-state index contributed by atoms with van der Waals surface area (Å²) in [6, 6.07) is 0.299. The fourth-order valence-corrected chi connectivity index (χ4v) is 4.29. The molecule has 1 rings (SSSR count). The van der Waals surface area contributed by atoms with Gasteiger partial charge in [0, 0.05) is 27.7 Å². The van der Waals surface area contributed by atoms with Gasteiger partial charge in [-0.25, -0.2) is 13.8 Å². The molecule has 0 aliphatic carbocycles. The van der Waals surface area contributed by atoms with Crippen molar-refractivity contribution in [1.29, 1.82) is 4.78 Å². The van der Waals surface area contributed by atoms with E-state index in [1.54, 1.807) is 41.5 Å². The number of carbonyl (C=O) groups excluding carboxylic acids is 2. The number of amides is 1. The molecule has 4 N–H and O–H groups in total. The van der Waals surface area contributed by atoms with Crippen molar-refractivity contribution in [3.8, 4) is 5.75 Å². The highest BCUT2D eigenvalue weighted by Gasteiger charge is 2.56. The third-order valence-corrected chi connectivity index (χ3v) is 6.31. The maximum Gasteiger partial charge on any atom is 0.423 e. The third kappa shape index (κ3) is 10.2. The van der Waals surface area contributed by atoms with E-state index in [0.717, 1.165) is 18.3 Å². The Morgan fingerprint density at radius 2 is 1.64 bits per heavy atom. The topological polar surface area (TPSA) is 159 Å². The van der Waals surface area contributed by atoms with Crippen LogP contribution in [0, 0.1) is 4.78 Å². The van der Waals surface area contributed by atoms with Gasteiger partial charge in [-0.05, 0) is 60.1 Å². The molecule has 1 aromatic heterocycles. The van der Waals surface area contributed by atoms with Gasteiger partial charge in [-0.2, -0.15) is 13.2 Å². The molecule has 0 fully saturated rings. The van der Waals surface area contributed by atoms with E-state index in [-0.39, 0.29) is 0 Å². The number of alkyl carbamates (subject to hydrolysis) is 1. The number of rotatable bonds is 9. The highest BCUT2D eigenvalue weighted by Crippen LogP contribution is 2.41. The lowest BCUT2D eigenvalue weighted by Crippen LogP contribution is -2.47. The Hall–Kier alpha value is -2.61. The molecule has 0 aliphatic rings. The van der Waals surface area contributed by atoms with Gasteiger partial charge in [0.05, 0.1) is 11.9 Å². The summed E-state index contributed by atoms with van der Waals surface area (Å²) in [6.45, 7) is 9.53. The first kappa shape index (κ1) is 31.4. The number of carbonyl (C=O) groups is 2. The Morgan fingerprint density at radius 3 is 2.08 bits per heavy atom. The molecule has 0 saturated heterocycles. The van der Waals surface area contributed by atoms with Gasteiger partial charge in [0.15, 0.2) is 0 Å². The number of aromatic nitrogens is 1. The van der Waals surface area contributed by atoms with E-state index in [9.17, 15) is 37.2 Å². The summed E-state index contributed by atoms with van der Waals surface area (Å²) in [4.78, 5) is 28.2. The molecule has 0 spiro atoms. The number of ether oxygens (including phenoxy) is 2. The lowest BCUT2D eigenvalue weighted by Gasteiger charge is -2.30. The van der Waals surface area contributed by atoms with Crippen molar-refractivity contribution < 1.29 is 46.7 Å². The number of nitrogens with one attached hydrogen (secondary N) is 2. The lowest BCUT2D eigenvalue weighted by molar-refractivity contribution is -0.268. The summed E-state index contributed by atoms with van der Waals surface area (Å²) in [5.41, 5.74) is -6.19. The normalized spacial score (nSPS) is 16.8. The van der Waals surface area contributed by atoms with Crippen LogP contribution in [0.15, 0.2) is 18.3 Å². The molecule has 3 atom stereocenters. The first-order valence-electron chi connectivity index (χ1n) is 11.0. The summed E-state index contributed by atoms with van der Waals surface area (Å²) >= 11 is 0. The maximum atomic E-state index is 13.7. The molecule has 2 unspecified atom stereocenters. The average Bonchev–Trinajstić information content (AvgIpc) is 2.66. The molecule has 0 aromatic carbocycles. The number of halogens is 3. The lowest BCUT2D eigenvalue weighted by atomic mass is 9.95. The van der Waals surface area contributed by atoms with E-state index in [0.29, 0.717) is 0 Å². The quantitative estimate of drug-likeness (QED) is 0.345. The molecule has 1 amide bonds. The molecule has 1 aromatic rings. The van der Waals surface area contributed by atoms with Crippen LogP contribution in [0.1, 0.15) is 60.1 Å². The van der Waals surface area contributed by atoms with Crippen LogP contribution >= 0.6 is 0 Å².